The Hall–Kier alpha value is -0.610. The lowest BCUT2D eigenvalue weighted by molar-refractivity contribution is 0.284. The Morgan fingerprint density at radius 3 is 2.59 bits per heavy atom. The Balaban J connectivity index is 2.45. The minimum absolute atomic E-state index is 0.0299. The van der Waals surface area contributed by atoms with Gasteiger partial charge in [-0.25, -0.2) is 4.98 Å². The van der Waals surface area contributed by atoms with Gasteiger partial charge in [-0.05, 0) is 18.6 Å². The topological polar surface area (TPSA) is 33.1 Å². The van der Waals surface area contributed by atoms with E-state index in [1.54, 1.807) is 12.1 Å². The molecule has 0 fully saturated rings. The molecule has 0 radical (unpaired) electrons. The molecule has 5 heteroatoms. The second-order valence-electron chi connectivity index (χ2n) is 3.53. The molecule has 0 aliphatic carbocycles. The van der Waals surface area contributed by atoms with E-state index in [4.69, 9.17) is 23.2 Å². The van der Waals surface area contributed by atoms with Crippen LogP contribution in [-0.4, -0.2) is 10.1 Å². The van der Waals surface area contributed by atoms with Crippen LogP contribution in [0.15, 0.2) is 18.2 Å². The highest BCUT2D eigenvalue weighted by Crippen LogP contribution is 2.32. The molecule has 2 rings (SSSR count). The zero-order valence-electron chi connectivity index (χ0n) is 9.20. The quantitative estimate of drug-likeness (QED) is 0.919. The summed E-state index contributed by atoms with van der Waals surface area (Å²) in [5.41, 5.74) is 1.87. The first-order valence-electron chi connectivity index (χ1n) is 5.20. The van der Waals surface area contributed by atoms with E-state index < -0.39 is 0 Å². The predicted molar refractivity (Wildman–Crippen MR) is 72.9 cm³/mol. The molecule has 0 bridgehead atoms. The average Bonchev–Trinajstić information content (AvgIpc) is 2.75. The van der Waals surface area contributed by atoms with Gasteiger partial charge in [0.25, 0.3) is 0 Å². The fourth-order valence-electron chi connectivity index (χ4n) is 1.54. The molecule has 0 saturated heterocycles. The van der Waals surface area contributed by atoms with Crippen LogP contribution in [-0.2, 0) is 13.0 Å². The fraction of sp³-hybridized carbons (Fsp3) is 0.250. The van der Waals surface area contributed by atoms with Crippen molar-refractivity contribution in [2.24, 2.45) is 0 Å². The molecule has 0 spiro atoms. The fourth-order valence-corrected chi connectivity index (χ4v) is 2.84. The maximum absolute atomic E-state index is 9.23. The van der Waals surface area contributed by atoms with Crippen molar-refractivity contribution < 1.29 is 5.11 Å². The average molecular weight is 288 g/mol. The lowest BCUT2D eigenvalue weighted by Crippen LogP contribution is -1.87. The van der Waals surface area contributed by atoms with Crippen LogP contribution in [0.4, 0.5) is 0 Å². The lowest BCUT2D eigenvalue weighted by atomic mass is 10.2. The summed E-state index contributed by atoms with van der Waals surface area (Å²) in [5, 5.41) is 11.1. The summed E-state index contributed by atoms with van der Waals surface area (Å²) in [4.78, 5) is 5.41. The van der Waals surface area contributed by atoms with E-state index in [0.29, 0.717) is 10.0 Å². The van der Waals surface area contributed by atoms with Crippen molar-refractivity contribution >= 4 is 34.5 Å². The molecule has 1 aromatic heterocycles. The molecule has 0 aliphatic rings. The third-order valence-corrected chi connectivity index (χ3v) is 4.29. The van der Waals surface area contributed by atoms with Gasteiger partial charge >= 0.3 is 0 Å². The summed E-state index contributed by atoms with van der Waals surface area (Å²) in [6.07, 6.45) is 0.813. The third kappa shape index (κ3) is 2.63. The standard InChI is InChI=1S/C12H11Cl2NOS/c1-2-10-11(6-16)17-12(15-10)7-3-4-8(13)9(14)5-7/h3-5,16H,2,6H2,1H3. The Morgan fingerprint density at radius 2 is 2.06 bits per heavy atom. The Labute approximate surface area is 114 Å². The molecule has 1 N–H and O–H groups in total. The first kappa shape index (κ1) is 12.8. The number of halogens is 2. The number of aliphatic hydroxyl groups is 1. The summed E-state index contributed by atoms with van der Waals surface area (Å²) < 4.78 is 0. The minimum atomic E-state index is 0.0299. The number of thiazole rings is 1. The van der Waals surface area contributed by atoms with Crippen LogP contribution < -0.4 is 0 Å². The molecule has 0 atom stereocenters. The molecule has 2 aromatic rings. The van der Waals surface area contributed by atoms with Gasteiger partial charge in [-0.1, -0.05) is 36.2 Å². The van der Waals surface area contributed by atoms with Gasteiger partial charge in [0.2, 0.25) is 0 Å². The smallest absolute Gasteiger partial charge is 0.124 e. The van der Waals surface area contributed by atoms with Crippen LogP contribution in [0.25, 0.3) is 10.6 Å². The largest absolute Gasteiger partial charge is 0.391 e. The van der Waals surface area contributed by atoms with Crippen LogP contribution >= 0.6 is 34.5 Å². The van der Waals surface area contributed by atoms with Crippen LogP contribution in [0.1, 0.15) is 17.5 Å². The van der Waals surface area contributed by atoms with Crippen molar-refractivity contribution in [2.45, 2.75) is 20.0 Å². The number of aliphatic hydroxyl groups excluding tert-OH is 1. The van der Waals surface area contributed by atoms with Crippen LogP contribution in [0, 0.1) is 0 Å². The van der Waals surface area contributed by atoms with Gasteiger partial charge in [-0.2, -0.15) is 0 Å². The van der Waals surface area contributed by atoms with Crippen molar-refractivity contribution in [3.05, 3.63) is 38.8 Å². The van der Waals surface area contributed by atoms with Gasteiger partial charge in [0.05, 0.1) is 27.2 Å². The maximum atomic E-state index is 9.23. The summed E-state index contributed by atoms with van der Waals surface area (Å²) in [7, 11) is 0. The molecule has 0 amide bonds. The van der Waals surface area contributed by atoms with Gasteiger partial charge in [-0.15, -0.1) is 11.3 Å². The molecule has 0 unspecified atom stereocenters. The molecule has 90 valence electrons. The lowest BCUT2D eigenvalue weighted by Gasteiger charge is -1.98. The summed E-state index contributed by atoms with van der Waals surface area (Å²) in [5.74, 6) is 0. The molecule has 17 heavy (non-hydrogen) atoms. The van der Waals surface area contributed by atoms with E-state index in [2.05, 4.69) is 4.98 Å². The van der Waals surface area contributed by atoms with Crippen molar-refractivity contribution in [1.82, 2.24) is 4.98 Å². The monoisotopic (exact) mass is 287 g/mol. The number of nitrogens with zero attached hydrogens (tertiary/aromatic N) is 1. The summed E-state index contributed by atoms with van der Waals surface area (Å²) in [6.45, 7) is 2.05. The number of aromatic nitrogens is 1. The summed E-state index contributed by atoms with van der Waals surface area (Å²) >= 11 is 13.3. The van der Waals surface area contributed by atoms with Crippen LogP contribution in [0.3, 0.4) is 0 Å². The molecular formula is C12H11Cl2NOS. The van der Waals surface area contributed by atoms with E-state index in [1.807, 2.05) is 13.0 Å². The predicted octanol–water partition coefficient (Wildman–Crippen LogP) is 4.17. The molecule has 2 nitrogen and oxygen atoms in total. The number of hydrogen-bond donors (Lipinski definition) is 1. The van der Waals surface area contributed by atoms with E-state index >= 15 is 0 Å². The first-order valence-corrected chi connectivity index (χ1v) is 6.77. The van der Waals surface area contributed by atoms with Gasteiger partial charge in [-0.3, -0.25) is 0 Å². The molecule has 1 heterocycles. The van der Waals surface area contributed by atoms with Gasteiger partial charge in [0.15, 0.2) is 0 Å². The zero-order chi connectivity index (χ0) is 12.4. The van der Waals surface area contributed by atoms with E-state index in [1.165, 1.54) is 11.3 Å². The normalized spacial score (nSPS) is 10.8. The highest BCUT2D eigenvalue weighted by atomic mass is 35.5. The zero-order valence-corrected chi connectivity index (χ0v) is 11.5. The Bertz CT molecular complexity index is 518. The van der Waals surface area contributed by atoms with Crippen molar-refractivity contribution in [3.8, 4) is 10.6 Å². The highest BCUT2D eigenvalue weighted by Gasteiger charge is 2.11. The van der Waals surface area contributed by atoms with E-state index in [-0.39, 0.29) is 6.61 Å². The Morgan fingerprint density at radius 1 is 1.29 bits per heavy atom. The van der Waals surface area contributed by atoms with Gasteiger partial charge < -0.3 is 5.11 Å². The van der Waals surface area contributed by atoms with E-state index in [9.17, 15) is 5.11 Å². The second-order valence-corrected chi connectivity index (χ2v) is 5.43. The van der Waals surface area contributed by atoms with E-state index in [0.717, 1.165) is 27.6 Å². The third-order valence-electron chi connectivity index (χ3n) is 2.42. The molecular weight excluding hydrogens is 277 g/mol. The number of rotatable bonds is 3. The van der Waals surface area contributed by atoms with Crippen molar-refractivity contribution in [1.29, 1.82) is 0 Å². The minimum Gasteiger partial charge on any atom is -0.391 e. The molecule has 0 saturated carbocycles. The van der Waals surface area contributed by atoms with Crippen LogP contribution in [0.2, 0.25) is 10.0 Å². The second kappa shape index (κ2) is 5.36. The first-order chi connectivity index (χ1) is 8.15. The molecule has 1 aromatic carbocycles. The van der Waals surface area contributed by atoms with Crippen molar-refractivity contribution in [3.63, 3.8) is 0 Å². The number of hydrogen-bond acceptors (Lipinski definition) is 3. The number of benzene rings is 1. The Kier molecular flexibility index (Phi) is 4.05. The van der Waals surface area contributed by atoms with Crippen molar-refractivity contribution in [2.75, 3.05) is 0 Å². The summed E-state index contributed by atoms with van der Waals surface area (Å²) in [6, 6.07) is 5.43. The van der Waals surface area contributed by atoms with Crippen LogP contribution in [0.5, 0.6) is 0 Å². The van der Waals surface area contributed by atoms with Gasteiger partial charge in [0.1, 0.15) is 5.01 Å². The number of aryl methyl sites for hydroxylation is 1. The highest BCUT2D eigenvalue weighted by molar-refractivity contribution is 7.15. The SMILES string of the molecule is CCc1nc(-c2ccc(Cl)c(Cl)c2)sc1CO. The maximum Gasteiger partial charge on any atom is 0.124 e. The molecule has 0 aliphatic heterocycles. The van der Waals surface area contributed by atoms with Gasteiger partial charge in [0, 0.05) is 5.56 Å².